The molecular weight excluding hydrogens is 577 g/mol. The number of halogens is 1. The van der Waals surface area contributed by atoms with E-state index >= 15 is 0 Å². The first-order valence-electron chi connectivity index (χ1n) is 16.6. The van der Waals surface area contributed by atoms with Crippen LogP contribution in [0.25, 0.3) is 11.5 Å². The standard InChI is InChI=1S/C34H48FN5O5/c1-21-36-31(45-39-21)24-14-16-26(17-15-24)37-30(41)29-27(22-8-6-5-7-9-22)18-19-40(29)32(42)25-12-10-23(11-13-25)28(20-35)38-33(43)44-34(2,3)4/h14-17,22-23,25,27-29H,5-13,18-20H2,1-4H3,(H,37,41)(H,38,43)/t23-,25-,27-,28+,29-/m0/s1. The highest BCUT2D eigenvalue weighted by atomic mass is 19.1. The number of alkyl halides is 1. The average Bonchev–Trinajstić information content (AvgIpc) is 3.66. The van der Waals surface area contributed by atoms with Crippen LogP contribution < -0.4 is 10.6 Å². The van der Waals surface area contributed by atoms with Crippen LogP contribution in [0.1, 0.15) is 90.8 Å². The zero-order valence-corrected chi connectivity index (χ0v) is 27.0. The Kier molecular flexibility index (Phi) is 10.4. The lowest BCUT2D eigenvalue weighted by molar-refractivity contribution is -0.142. The summed E-state index contributed by atoms with van der Waals surface area (Å²) in [5.41, 5.74) is 0.746. The number of benzene rings is 1. The monoisotopic (exact) mass is 625 g/mol. The maximum atomic E-state index is 14.0. The maximum absolute atomic E-state index is 14.0. The molecule has 5 rings (SSSR count). The molecule has 1 aromatic heterocycles. The Labute approximate surface area is 265 Å². The Hall–Kier alpha value is -3.50. The molecule has 2 aromatic rings. The molecule has 1 saturated heterocycles. The van der Waals surface area contributed by atoms with E-state index in [9.17, 15) is 18.8 Å². The third kappa shape index (κ3) is 8.21. The van der Waals surface area contributed by atoms with Crippen molar-refractivity contribution in [2.45, 2.75) is 110 Å². The molecule has 2 heterocycles. The molecule has 3 amide bonds. The summed E-state index contributed by atoms with van der Waals surface area (Å²) in [6.45, 7) is 6.96. The van der Waals surface area contributed by atoms with Gasteiger partial charge in [0.25, 0.3) is 5.89 Å². The molecular formula is C34H48FN5O5. The van der Waals surface area contributed by atoms with Gasteiger partial charge < -0.3 is 24.8 Å². The van der Waals surface area contributed by atoms with Crippen molar-refractivity contribution in [3.05, 3.63) is 30.1 Å². The predicted octanol–water partition coefficient (Wildman–Crippen LogP) is 6.45. The number of nitrogens with one attached hydrogen (secondary N) is 2. The van der Waals surface area contributed by atoms with Gasteiger partial charge in [0.2, 0.25) is 11.8 Å². The molecule has 10 nitrogen and oxygen atoms in total. The molecule has 2 aliphatic carbocycles. The number of likely N-dealkylation sites (tertiary alicyclic amines) is 1. The number of nitrogens with zero attached hydrogens (tertiary/aromatic N) is 3. The molecule has 246 valence electrons. The SMILES string of the molecule is Cc1noc(-c2ccc(NC(=O)[C@@H]3[C@H](C4CCCCC4)CCN3C(=O)[C@H]3CC[C@H]([C@@H](CF)NC(=O)OC(C)(C)C)CC3)cc2)n1. The van der Waals surface area contributed by atoms with Crippen LogP contribution in [-0.2, 0) is 14.3 Å². The van der Waals surface area contributed by atoms with Gasteiger partial charge in [-0.15, -0.1) is 0 Å². The van der Waals surface area contributed by atoms with Crippen molar-refractivity contribution in [2.75, 3.05) is 18.5 Å². The van der Waals surface area contributed by atoms with Crippen LogP contribution in [0.15, 0.2) is 28.8 Å². The second kappa shape index (κ2) is 14.3. The number of amides is 3. The van der Waals surface area contributed by atoms with E-state index in [1.165, 1.54) is 6.42 Å². The summed E-state index contributed by atoms with van der Waals surface area (Å²) in [6, 6.07) is 6.13. The quantitative estimate of drug-likeness (QED) is 0.345. The Morgan fingerprint density at radius 3 is 2.31 bits per heavy atom. The first-order chi connectivity index (χ1) is 21.5. The fourth-order valence-electron chi connectivity index (χ4n) is 7.53. The number of alkyl carbamates (subject to hydrolysis) is 1. The van der Waals surface area contributed by atoms with Gasteiger partial charge in [-0.05, 0) is 102 Å². The maximum Gasteiger partial charge on any atom is 0.407 e. The van der Waals surface area contributed by atoms with E-state index < -0.39 is 30.5 Å². The lowest BCUT2D eigenvalue weighted by Crippen LogP contribution is -2.50. The summed E-state index contributed by atoms with van der Waals surface area (Å²) in [6.07, 6.45) is 8.40. The number of hydrogen-bond donors (Lipinski definition) is 2. The summed E-state index contributed by atoms with van der Waals surface area (Å²) < 4.78 is 24.6. The molecule has 3 atom stereocenters. The fourth-order valence-corrected chi connectivity index (χ4v) is 7.53. The third-order valence-corrected chi connectivity index (χ3v) is 9.74. The minimum Gasteiger partial charge on any atom is -0.444 e. The van der Waals surface area contributed by atoms with Gasteiger partial charge in [0.1, 0.15) is 18.3 Å². The smallest absolute Gasteiger partial charge is 0.407 e. The highest BCUT2D eigenvalue weighted by Crippen LogP contribution is 2.41. The lowest BCUT2D eigenvalue weighted by Gasteiger charge is -2.37. The zero-order valence-electron chi connectivity index (χ0n) is 27.0. The van der Waals surface area contributed by atoms with Crippen molar-refractivity contribution in [1.82, 2.24) is 20.4 Å². The zero-order chi connectivity index (χ0) is 32.1. The number of anilines is 1. The Morgan fingerprint density at radius 2 is 1.71 bits per heavy atom. The predicted molar refractivity (Wildman–Crippen MR) is 168 cm³/mol. The third-order valence-electron chi connectivity index (χ3n) is 9.74. The molecule has 0 spiro atoms. The number of aromatic nitrogens is 2. The van der Waals surface area contributed by atoms with Crippen LogP contribution in [0, 0.1) is 30.6 Å². The van der Waals surface area contributed by atoms with Crippen LogP contribution in [0.3, 0.4) is 0 Å². The van der Waals surface area contributed by atoms with Crippen molar-refractivity contribution < 1.29 is 28.0 Å². The normalized spacial score (nSPS) is 25.0. The van der Waals surface area contributed by atoms with Gasteiger partial charge in [-0.25, -0.2) is 9.18 Å². The van der Waals surface area contributed by atoms with Crippen LogP contribution in [0.2, 0.25) is 0 Å². The Balaban J connectivity index is 1.24. The lowest BCUT2D eigenvalue weighted by atomic mass is 9.76. The van der Waals surface area contributed by atoms with Crippen molar-refractivity contribution in [2.24, 2.45) is 23.7 Å². The minimum atomic E-state index is -0.685. The molecule has 1 aromatic carbocycles. The van der Waals surface area contributed by atoms with E-state index in [-0.39, 0.29) is 29.6 Å². The molecule has 11 heteroatoms. The van der Waals surface area contributed by atoms with E-state index in [2.05, 4.69) is 20.8 Å². The molecule has 3 aliphatic rings. The van der Waals surface area contributed by atoms with Crippen molar-refractivity contribution >= 4 is 23.6 Å². The molecule has 1 aliphatic heterocycles. The number of hydrogen-bond acceptors (Lipinski definition) is 7. The van der Waals surface area contributed by atoms with Gasteiger partial charge in [-0.1, -0.05) is 37.3 Å². The van der Waals surface area contributed by atoms with E-state index in [4.69, 9.17) is 9.26 Å². The topological polar surface area (TPSA) is 127 Å². The Bertz CT molecular complexity index is 1310. The van der Waals surface area contributed by atoms with Gasteiger partial charge >= 0.3 is 6.09 Å². The summed E-state index contributed by atoms with van der Waals surface area (Å²) >= 11 is 0. The summed E-state index contributed by atoms with van der Waals surface area (Å²) in [5, 5.41) is 9.63. The number of ether oxygens (including phenoxy) is 1. The van der Waals surface area contributed by atoms with Crippen LogP contribution in [0.5, 0.6) is 0 Å². The summed E-state index contributed by atoms with van der Waals surface area (Å²) in [7, 11) is 0. The van der Waals surface area contributed by atoms with E-state index in [0.717, 1.165) is 37.7 Å². The van der Waals surface area contributed by atoms with Gasteiger partial charge in [-0.3, -0.25) is 9.59 Å². The highest BCUT2D eigenvalue weighted by Gasteiger charge is 2.47. The number of rotatable bonds is 8. The first kappa shape index (κ1) is 32.9. The molecule has 3 fully saturated rings. The number of carbonyl (C=O) groups is 3. The van der Waals surface area contributed by atoms with Crippen LogP contribution in [0.4, 0.5) is 14.9 Å². The van der Waals surface area contributed by atoms with Gasteiger partial charge in [-0.2, -0.15) is 4.98 Å². The fraction of sp³-hybridized carbons (Fsp3) is 0.676. The molecule has 2 saturated carbocycles. The van der Waals surface area contributed by atoms with E-state index in [1.54, 1.807) is 27.7 Å². The van der Waals surface area contributed by atoms with E-state index in [0.29, 0.717) is 55.5 Å². The Morgan fingerprint density at radius 1 is 1.02 bits per heavy atom. The number of carbonyl (C=O) groups excluding carboxylic acids is 3. The minimum absolute atomic E-state index is 0.0194. The molecule has 0 unspecified atom stereocenters. The largest absolute Gasteiger partial charge is 0.444 e. The second-order valence-corrected chi connectivity index (χ2v) is 14.1. The van der Waals surface area contributed by atoms with E-state index in [1.807, 2.05) is 29.2 Å². The average molecular weight is 626 g/mol. The van der Waals surface area contributed by atoms with Crippen LogP contribution >= 0.6 is 0 Å². The molecule has 0 bridgehead atoms. The van der Waals surface area contributed by atoms with Crippen molar-refractivity contribution in [3.63, 3.8) is 0 Å². The van der Waals surface area contributed by atoms with Gasteiger partial charge in [0.15, 0.2) is 5.82 Å². The summed E-state index contributed by atoms with van der Waals surface area (Å²) in [4.78, 5) is 46.4. The van der Waals surface area contributed by atoms with Crippen molar-refractivity contribution in [3.8, 4) is 11.5 Å². The molecule has 45 heavy (non-hydrogen) atoms. The highest BCUT2D eigenvalue weighted by molar-refractivity contribution is 5.98. The summed E-state index contributed by atoms with van der Waals surface area (Å²) in [5.74, 6) is 1.10. The second-order valence-electron chi connectivity index (χ2n) is 14.1. The molecule has 2 N–H and O–H groups in total. The first-order valence-corrected chi connectivity index (χ1v) is 16.6. The molecule has 0 radical (unpaired) electrons. The van der Waals surface area contributed by atoms with Crippen molar-refractivity contribution in [1.29, 1.82) is 0 Å². The van der Waals surface area contributed by atoms with Crippen LogP contribution in [-0.4, -0.2) is 63.9 Å². The number of aryl methyl sites for hydroxylation is 1. The van der Waals surface area contributed by atoms with Gasteiger partial charge in [0.05, 0.1) is 6.04 Å². The van der Waals surface area contributed by atoms with Gasteiger partial charge in [0, 0.05) is 23.7 Å².